The Balaban J connectivity index is -0.000000142. The van der Waals surface area contributed by atoms with Crippen LogP contribution >= 0.6 is 0 Å². The summed E-state index contributed by atoms with van der Waals surface area (Å²) in [5.41, 5.74) is 0. The maximum absolute atomic E-state index is 8.09. The summed E-state index contributed by atoms with van der Waals surface area (Å²) in [5.74, 6) is 0. The molecule has 0 bridgehead atoms. The molecule has 13 heavy (non-hydrogen) atoms. The van der Waals surface area contributed by atoms with E-state index < -0.39 is 0 Å². The second kappa shape index (κ2) is 29.9. The average molecular weight is 194 g/mol. The molecule has 0 rings (SSSR count). The number of hydrogen-bond acceptors (Lipinski definition) is 4. The predicted octanol–water partition coefficient (Wildman–Crippen LogP) is 0.179. The maximum Gasteiger partial charge on any atom is 0.0698 e. The monoisotopic (exact) mass is 194 g/mol. The van der Waals surface area contributed by atoms with Gasteiger partial charge in [0.1, 0.15) is 0 Å². The Labute approximate surface area is 80.5 Å². The van der Waals surface area contributed by atoms with E-state index in [-0.39, 0.29) is 13.2 Å². The molecule has 0 saturated heterocycles. The zero-order valence-electron chi connectivity index (χ0n) is 8.41. The van der Waals surface area contributed by atoms with E-state index in [1.165, 1.54) is 0 Å². The second-order valence-electron chi connectivity index (χ2n) is 1.78. The van der Waals surface area contributed by atoms with Crippen LogP contribution in [-0.2, 0) is 4.74 Å². The lowest BCUT2D eigenvalue weighted by Crippen LogP contribution is -2.03. The molecule has 0 aliphatic rings. The van der Waals surface area contributed by atoms with E-state index in [1.807, 2.05) is 6.92 Å². The van der Waals surface area contributed by atoms with Gasteiger partial charge in [-0.05, 0) is 6.42 Å². The van der Waals surface area contributed by atoms with Gasteiger partial charge in [0.05, 0.1) is 26.4 Å². The highest BCUT2D eigenvalue weighted by molar-refractivity contribution is 4.24. The lowest BCUT2D eigenvalue weighted by Gasteiger charge is -1.94. The summed E-state index contributed by atoms with van der Waals surface area (Å²) in [6, 6.07) is 0. The van der Waals surface area contributed by atoms with Crippen molar-refractivity contribution in [1.82, 2.24) is 0 Å². The Morgan fingerprint density at radius 2 is 1.23 bits per heavy atom. The molecule has 0 spiro atoms. The molecule has 0 aliphatic heterocycles. The maximum atomic E-state index is 8.09. The summed E-state index contributed by atoms with van der Waals surface area (Å²) in [6.07, 6.45) is 0.875. The van der Waals surface area contributed by atoms with E-state index in [0.29, 0.717) is 19.8 Å². The number of aliphatic hydroxyl groups is 3. The van der Waals surface area contributed by atoms with Crippen LogP contribution in [0.15, 0.2) is 13.2 Å². The van der Waals surface area contributed by atoms with Gasteiger partial charge in [0.25, 0.3) is 0 Å². The molecule has 0 fully saturated rings. The van der Waals surface area contributed by atoms with Crippen molar-refractivity contribution in [3.05, 3.63) is 13.2 Å². The van der Waals surface area contributed by atoms with Gasteiger partial charge in [-0.3, -0.25) is 0 Å². The van der Waals surface area contributed by atoms with Gasteiger partial charge in [-0.25, -0.2) is 0 Å². The Bertz CT molecular complexity index is 53.6. The molecular formula is C9H22O4. The fraction of sp³-hybridized carbons (Fsp3) is 0.778. The molecule has 82 valence electrons. The summed E-state index contributed by atoms with van der Waals surface area (Å²) in [7, 11) is 0. The second-order valence-corrected chi connectivity index (χ2v) is 1.78. The van der Waals surface area contributed by atoms with Crippen molar-refractivity contribution in [2.45, 2.75) is 13.3 Å². The summed E-state index contributed by atoms with van der Waals surface area (Å²) in [5, 5.41) is 24.0. The molecule has 0 heterocycles. The van der Waals surface area contributed by atoms with Crippen molar-refractivity contribution in [2.75, 3.05) is 33.0 Å². The van der Waals surface area contributed by atoms with Gasteiger partial charge in [-0.1, -0.05) is 6.92 Å². The van der Waals surface area contributed by atoms with Crippen molar-refractivity contribution < 1.29 is 20.1 Å². The minimum Gasteiger partial charge on any atom is -0.396 e. The number of aliphatic hydroxyl groups excluding tert-OH is 3. The Morgan fingerprint density at radius 3 is 1.38 bits per heavy atom. The largest absolute Gasteiger partial charge is 0.396 e. The van der Waals surface area contributed by atoms with Crippen LogP contribution in [0.5, 0.6) is 0 Å². The van der Waals surface area contributed by atoms with E-state index in [0.717, 1.165) is 6.42 Å². The third kappa shape index (κ3) is 50.7. The van der Waals surface area contributed by atoms with Crippen molar-refractivity contribution >= 4 is 0 Å². The van der Waals surface area contributed by atoms with Gasteiger partial charge in [0, 0.05) is 6.61 Å². The lowest BCUT2D eigenvalue weighted by molar-refractivity contribution is 0.0650. The molecule has 0 aliphatic carbocycles. The van der Waals surface area contributed by atoms with Gasteiger partial charge in [0.15, 0.2) is 0 Å². The Kier molecular flexibility index (Phi) is 42.3. The molecule has 0 atom stereocenters. The third-order valence-electron chi connectivity index (χ3n) is 0.695. The van der Waals surface area contributed by atoms with Gasteiger partial charge >= 0.3 is 0 Å². The zero-order chi connectivity index (χ0) is 10.9. The van der Waals surface area contributed by atoms with Crippen LogP contribution in [0.2, 0.25) is 0 Å². The normalized spacial score (nSPS) is 7.69. The Morgan fingerprint density at radius 1 is 0.923 bits per heavy atom. The number of rotatable bonds is 5. The molecule has 0 aromatic rings. The minimum atomic E-state index is 0.0278. The molecule has 0 radical (unpaired) electrons. The van der Waals surface area contributed by atoms with Gasteiger partial charge < -0.3 is 20.1 Å². The molecular weight excluding hydrogens is 172 g/mol. The molecule has 0 amide bonds. The molecule has 0 unspecified atom stereocenters. The van der Waals surface area contributed by atoms with Crippen LogP contribution in [0.4, 0.5) is 0 Å². The number of ether oxygens (including phenoxy) is 1. The molecule has 0 aromatic heterocycles. The quantitative estimate of drug-likeness (QED) is 0.431. The first-order valence-electron chi connectivity index (χ1n) is 4.23. The van der Waals surface area contributed by atoms with E-state index in [1.54, 1.807) is 0 Å². The first-order valence-corrected chi connectivity index (χ1v) is 4.23. The van der Waals surface area contributed by atoms with Crippen LogP contribution in [-0.4, -0.2) is 48.4 Å². The van der Waals surface area contributed by atoms with Crippen LogP contribution < -0.4 is 0 Å². The smallest absolute Gasteiger partial charge is 0.0698 e. The summed E-state index contributed by atoms with van der Waals surface area (Å²) < 4.78 is 4.63. The SMILES string of the molecule is C=C.CCCO.OCCOCCO. The fourth-order valence-electron chi connectivity index (χ4n) is 0.231. The average Bonchev–Trinajstić information content (AvgIpc) is 2.22. The van der Waals surface area contributed by atoms with Crippen LogP contribution in [0, 0.1) is 0 Å². The molecule has 0 saturated carbocycles. The zero-order valence-corrected chi connectivity index (χ0v) is 8.41. The van der Waals surface area contributed by atoms with Crippen molar-refractivity contribution in [1.29, 1.82) is 0 Å². The van der Waals surface area contributed by atoms with Gasteiger partial charge in [0.2, 0.25) is 0 Å². The summed E-state index contributed by atoms with van der Waals surface area (Å²) in [6.45, 7) is 8.95. The highest BCUT2D eigenvalue weighted by atomic mass is 16.5. The number of hydrogen-bond donors (Lipinski definition) is 3. The minimum absolute atomic E-state index is 0.0278. The highest BCUT2D eigenvalue weighted by Crippen LogP contribution is 1.68. The van der Waals surface area contributed by atoms with E-state index in [4.69, 9.17) is 15.3 Å². The van der Waals surface area contributed by atoms with Crippen LogP contribution in [0.1, 0.15) is 13.3 Å². The van der Waals surface area contributed by atoms with Crippen LogP contribution in [0.25, 0.3) is 0 Å². The van der Waals surface area contributed by atoms with E-state index in [9.17, 15) is 0 Å². The predicted molar refractivity (Wildman–Crippen MR) is 53.6 cm³/mol. The molecule has 3 N–H and O–H groups in total. The molecule has 4 nitrogen and oxygen atoms in total. The topological polar surface area (TPSA) is 69.9 Å². The molecule has 4 heteroatoms. The third-order valence-corrected chi connectivity index (χ3v) is 0.695. The van der Waals surface area contributed by atoms with Crippen molar-refractivity contribution in [3.63, 3.8) is 0 Å². The fourth-order valence-corrected chi connectivity index (χ4v) is 0.231. The first kappa shape index (κ1) is 18.4. The first-order chi connectivity index (χ1) is 6.33. The van der Waals surface area contributed by atoms with Crippen LogP contribution in [0.3, 0.4) is 0 Å². The molecule has 0 aromatic carbocycles. The van der Waals surface area contributed by atoms with Crippen molar-refractivity contribution in [2.24, 2.45) is 0 Å². The summed E-state index contributed by atoms with van der Waals surface area (Å²) in [4.78, 5) is 0. The van der Waals surface area contributed by atoms with Gasteiger partial charge in [-0.15, -0.1) is 13.2 Å². The highest BCUT2D eigenvalue weighted by Gasteiger charge is 1.79. The standard InChI is InChI=1S/C4H10O3.C3H8O.C2H4/c5-1-3-7-4-2-6;1-2-3-4;1-2/h5-6H,1-4H2;4H,2-3H2,1H3;1-2H2. The van der Waals surface area contributed by atoms with E-state index in [2.05, 4.69) is 17.9 Å². The van der Waals surface area contributed by atoms with E-state index >= 15 is 0 Å². The van der Waals surface area contributed by atoms with Gasteiger partial charge in [-0.2, -0.15) is 0 Å². The van der Waals surface area contributed by atoms with Crippen molar-refractivity contribution in [3.8, 4) is 0 Å². The Hall–Kier alpha value is -0.420. The summed E-state index contributed by atoms with van der Waals surface area (Å²) >= 11 is 0. The lowest BCUT2D eigenvalue weighted by atomic mass is 10.5.